The number of halogens is 1. The van der Waals surface area contributed by atoms with E-state index >= 15 is 0 Å². The van der Waals surface area contributed by atoms with Crippen molar-refractivity contribution < 1.29 is 4.52 Å². The largest absolute Gasteiger partial charge is 0.361 e. The molecule has 5 rings (SSSR count). The molecule has 0 radical (unpaired) electrons. The van der Waals surface area contributed by atoms with E-state index in [2.05, 4.69) is 30.9 Å². The first-order chi connectivity index (χ1) is 13.8. The minimum Gasteiger partial charge on any atom is -0.361 e. The van der Waals surface area contributed by atoms with E-state index in [0.717, 1.165) is 59.9 Å². The van der Waals surface area contributed by atoms with Gasteiger partial charge in [0, 0.05) is 35.8 Å². The highest BCUT2D eigenvalue weighted by atomic mass is 35.5. The monoisotopic (exact) mass is 415 g/mol. The van der Waals surface area contributed by atoms with Crippen LogP contribution in [0.2, 0.25) is 5.02 Å². The average molecular weight is 416 g/mol. The molecule has 0 atom stereocenters. The first-order valence-electron chi connectivity index (χ1n) is 9.85. The van der Waals surface area contributed by atoms with Gasteiger partial charge in [-0.3, -0.25) is 4.57 Å². The molecular formula is C20H22ClN5OS. The van der Waals surface area contributed by atoms with Crippen LogP contribution in [-0.2, 0) is 18.6 Å². The third kappa shape index (κ3) is 3.42. The van der Waals surface area contributed by atoms with E-state index in [9.17, 15) is 0 Å². The van der Waals surface area contributed by atoms with Gasteiger partial charge in [0.05, 0.1) is 11.4 Å². The molecule has 3 aromatic rings. The van der Waals surface area contributed by atoms with E-state index in [4.69, 9.17) is 16.1 Å². The number of anilines is 1. The molecule has 8 heteroatoms. The summed E-state index contributed by atoms with van der Waals surface area (Å²) in [6.07, 6.45) is 6.85. The number of aromatic nitrogens is 4. The Kier molecular flexibility index (Phi) is 5.03. The summed E-state index contributed by atoms with van der Waals surface area (Å²) in [4.78, 5) is 2.30. The second-order valence-electron chi connectivity index (χ2n) is 7.32. The number of rotatable bonds is 5. The van der Waals surface area contributed by atoms with Crippen LogP contribution >= 0.6 is 23.4 Å². The standard InChI is InChI=1S/C20H22ClN5OS/c21-14-6-5-7-15(12-14)26-19(25-10-3-4-11-25)22-23-20(26)28-13-17-16-8-1-2-9-18(16)27-24-17/h5-7,12H,1-4,8-11,13H2. The minimum absolute atomic E-state index is 0.708. The molecule has 1 saturated heterocycles. The van der Waals surface area contributed by atoms with Gasteiger partial charge in [-0.15, -0.1) is 10.2 Å². The van der Waals surface area contributed by atoms with Crippen LogP contribution in [0.3, 0.4) is 0 Å². The van der Waals surface area contributed by atoms with Gasteiger partial charge >= 0.3 is 0 Å². The van der Waals surface area contributed by atoms with E-state index < -0.39 is 0 Å². The van der Waals surface area contributed by atoms with Crippen LogP contribution in [0, 0.1) is 0 Å². The third-order valence-electron chi connectivity index (χ3n) is 5.44. The molecule has 0 amide bonds. The number of hydrogen-bond acceptors (Lipinski definition) is 6. The molecule has 2 aromatic heterocycles. The summed E-state index contributed by atoms with van der Waals surface area (Å²) in [5.41, 5.74) is 3.33. The van der Waals surface area contributed by atoms with E-state index in [1.807, 2.05) is 18.2 Å². The molecule has 0 unspecified atom stereocenters. The van der Waals surface area contributed by atoms with Crippen LogP contribution in [0.15, 0.2) is 33.9 Å². The average Bonchev–Trinajstić information content (AvgIpc) is 3.45. The summed E-state index contributed by atoms with van der Waals surface area (Å²) in [6, 6.07) is 7.87. The molecule has 2 aliphatic rings. The lowest BCUT2D eigenvalue weighted by Crippen LogP contribution is -2.22. The fraction of sp³-hybridized carbons (Fsp3) is 0.450. The molecule has 0 saturated carbocycles. The Labute approximate surface area is 173 Å². The number of thioether (sulfide) groups is 1. The van der Waals surface area contributed by atoms with Gasteiger partial charge in [0.2, 0.25) is 5.95 Å². The third-order valence-corrected chi connectivity index (χ3v) is 6.62. The quantitative estimate of drug-likeness (QED) is 0.564. The predicted molar refractivity (Wildman–Crippen MR) is 111 cm³/mol. The van der Waals surface area contributed by atoms with E-state index in [0.29, 0.717) is 5.02 Å². The highest BCUT2D eigenvalue weighted by Gasteiger charge is 2.24. The second kappa shape index (κ2) is 7.79. The fourth-order valence-corrected chi connectivity index (χ4v) is 5.11. The van der Waals surface area contributed by atoms with Crippen molar-refractivity contribution >= 4 is 29.3 Å². The first kappa shape index (κ1) is 18.1. The lowest BCUT2D eigenvalue weighted by molar-refractivity contribution is 0.369. The molecule has 0 spiro atoms. The van der Waals surface area contributed by atoms with Crippen LogP contribution in [-0.4, -0.2) is 33.0 Å². The number of nitrogens with zero attached hydrogens (tertiary/aromatic N) is 5. The van der Waals surface area contributed by atoms with Crippen LogP contribution < -0.4 is 4.90 Å². The van der Waals surface area contributed by atoms with Gasteiger partial charge < -0.3 is 9.42 Å². The fourth-order valence-electron chi connectivity index (χ4n) is 4.01. The summed E-state index contributed by atoms with van der Waals surface area (Å²) in [5.74, 6) is 2.69. The summed E-state index contributed by atoms with van der Waals surface area (Å²) < 4.78 is 7.68. The molecule has 6 nitrogen and oxygen atoms in total. The molecule has 1 aromatic carbocycles. The number of fused-ring (bicyclic) bond motifs is 1. The number of benzene rings is 1. The maximum Gasteiger partial charge on any atom is 0.232 e. The molecule has 3 heterocycles. The summed E-state index contributed by atoms with van der Waals surface area (Å²) in [5, 5.41) is 14.9. The van der Waals surface area contributed by atoms with Gasteiger partial charge in [-0.1, -0.05) is 34.6 Å². The van der Waals surface area contributed by atoms with Crippen molar-refractivity contribution in [2.75, 3.05) is 18.0 Å². The highest BCUT2D eigenvalue weighted by Crippen LogP contribution is 2.33. The topological polar surface area (TPSA) is 60.0 Å². The molecule has 146 valence electrons. The Morgan fingerprint density at radius 2 is 1.93 bits per heavy atom. The molecule has 1 aliphatic heterocycles. The van der Waals surface area contributed by atoms with Crippen LogP contribution in [0.4, 0.5) is 5.95 Å². The smallest absolute Gasteiger partial charge is 0.232 e. The Bertz CT molecular complexity index is 979. The maximum atomic E-state index is 6.27. The van der Waals surface area contributed by atoms with E-state index in [1.165, 1.54) is 31.2 Å². The second-order valence-corrected chi connectivity index (χ2v) is 8.70. The van der Waals surface area contributed by atoms with Crippen molar-refractivity contribution in [3.05, 3.63) is 46.3 Å². The zero-order chi connectivity index (χ0) is 18.9. The van der Waals surface area contributed by atoms with Crippen molar-refractivity contribution in [3.63, 3.8) is 0 Å². The van der Waals surface area contributed by atoms with Crippen molar-refractivity contribution in [3.8, 4) is 5.69 Å². The van der Waals surface area contributed by atoms with Gasteiger partial charge in [0.25, 0.3) is 0 Å². The Hall–Kier alpha value is -1.99. The molecule has 0 N–H and O–H groups in total. The van der Waals surface area contributed by atoms with Gasteiger partial charge in [0.15, 0.2) is 5.16 Å². The summed E-state index contributed by atoms with van der Waals surface area (Å²) >= 11 is 7.92. The van der Waals surface area contributed by atoms with E-state index in [-0.39, 0.29) is 0 Å². The SMILES string of the molecule is Clc1cccc(-n2c(SCc3noc4c3CCCC4)nnc2N2CCCC2)c1. The van der Waals surface area contributed by atoms with Crippen molar-refractivity contribution in [2.45, 2.75) is 49.4 Å². The molecule has 1 aliphatic carbocycles. The van der Waals surface area contributed by atoms with Crippen molar-refractivity contribution in [1.29, 1.82) is 0 Å². The minimum atomic E-state index is 0.708. The molecule has 28 heavy (non-hydrogen) atoms. The molecule has 1 fully saturated rings. The summed E-state index contributed by atoms with van der Waals surface area (Å²) in [7, 11) is 0. The van der Waals surface area contributed by atoms with Gasteiger partial charge in [0.1, 0.15) is 5.76 Å². The predicted octanol–water partition coefficient (Wildman–Crippen LogP) is 4.68. The van der Waals surface area contributed by atoms with Crippen LogP contribution in [0.25, 0.3) is 5.69 Å². The van der Waals surface area contributed by atoms with Gasteiger partial charge in [-0.05, 0) is 50.3 Å². The first-order valence-corrected chi connectivity index (χ1v) is 11.2. The Morgan fingerprint density at radius 3 is 2.79 bits per heavy atom. The summed E-state index contributed by atoms with van der Waals surface area (Å²) in [6.45, 7) is 2.03. The molecular weight excluding hydrogens is 394 g/mol. The van der Waals surface area contributed by atoms with Gasteiger partial charge in [-0.2, -0.15) is 0 Å². The Morgan fingerprint density at radius 1 is 1.07 bits per heavy atom. The highest BCUT2D eigenvalue weighted by molar-refractivity contribution is 7.98. The number of aryl methyl sites for hydroxylation is 1. The lowest BCUT2D eigenvalue weighted by Gasteiger charge is -2.18. The van der Waals surface area contributed by atoms with Crippen molar-refractivity contribution in [2.24, 2.45) is 0 Å². The Balaban J connectivity index is 1.46. The van der Waals surface area contributed by atoms with Crippen molar-refractivity contribution in [1.82, 2.24) is 19.9 Å². The number of hydrogen-bond donors (Lipinski definition) is 0. The zero-order valence-corrected chi connectivity index (χ0v) is 17.2. The molecule has 0 bridgehead atoms. The van der Waals surface area contributed by atoms with Crippen LogP contribution in [0.1, 0.15) is 42.7 Å². The normalized spacial score (nSPS) is 16.5. The maximum absolute atomic E-state index is 6.27. The zero-order valence-electron chi connectivity index (χ0n) is 15.6. The van der Waals surface area contributed by atoms with Crippen LogP contribution in [0.5, 0.6) is 0 Å². The van der Waals surface area contributed by atoms with E-state index in [1.54, 1.807) is 11.8 Å². The lowest BCUT2D eigenvalue weighted by atomic mass is 9.97. The van der Waals surface area contributed by atoms with Gasteiger partial charge in [-0.25, -0.2) is 0 Å².